The monoisotopic (exact) mass is 204 g/mol. The molecule has 1 aromatic rings. The molecule has 1 saturated heterocycles. The summed E-state index contributed by atoms with van der Waals surface area (Å²) in [6, 6.07) is 5.68. The van der Waals surface area contributed by atoms with Crippen molar-refractivity contribution in [1.82, 2.24) is 9.47 Å². The quantitative estimate of drug-likeness (QED) is 0.627. The molecule has 80 valence electrons. The summed E-state index contributed by atoms with van der Waals surface area (Å²) in [6.45, 7) is 3.15. The summed E-state index contributed by atoms with van der Waals surface area (Å²) in [5, 5.41) is 0. The molecule has 0 N–H and O–H groups in total. The third-order valence-corrected chi connectivity index (χ3v) is 3.66. The number of fused-ring (bicyclic) bond motifs is 4. The maximum absolute atomic E-state index is 11.7. The Bertz CT molecular complexity index is 437. The Labute approximate surface area is 89.3 Å². The Morgan fingerprint density at radius 3 is 3.00 bits per heavy atom. The average Bonchev–Trinajstić information content (AvgIpc) is 2.19. The fraction of sp³-hybridized carbons (Fsp3) is 0.583. The first-order valence-corrected chi connectivity index (χ1v) is 5.62. The minimum Gasteiger partial charge on any atom is -0.312 e. The number of hydrogen-bond donors (Lipinski definition) is 0. The molecule has 0 aliphatic carbocycles. The predicted molar refractivity (Wildman–Crippen MR) is 59.0 cm³/mol. The van der Waals surface area contributed by atoms with Gasteiger partial charge in [-0.05, 0) is 25.5 Å². The highest BCUT2D eigenvalue weighted by molar-refractivity contribution is 5.16. The molecule has 2 atom stereocenters. The van der Waals surface area contributed by atoms with Crippen LogP contribution in [0.15, 0.2) is 23.0 Å². The van der Waals surface area contributed by atoms with E-state index in [1.807, 2.05) is 10.6 Å². The second kappa shape index (κ2) is 3.20. The summed E-state index contributed by atoms with van der Waals surface area (Å²) in [7, 11) is 2.18. The molecule has 0 amide bonds. The maximum atomic E-state index is 11.7. The zero-order valence-electron chi connectivity index (χ0n) is 9.02. The van der Waals surface area contributed by atoms with E-state index in [-0.39, 0.29) is 5.56 Å². The van der Waals surface area contributed by atoms with Gasteiger partial charge in [-0.15, -0.1) is 0 Å². The first-order valence-electron chi connectivity index (χ1n) is 5.62. The summed E-state index contributed by atoms with van der Waals surface area (Å²) in [6.07, 6.45) is 1.26. The van der Waals surface area contributed by atoms with Gasteiger partial charge in [-0.2, -0.15) is 0 Å². The van der Waals surface area contributed by atoms with Crippen molar-refractivity contribution in [3.63, 3.8) is 0 Å². The van der Waals surface area contributed by atoms with Crippen molar-refractivity contribution >= 4 is 0 Å². The number of rotatable bonds is 0. The van der Waals surface area contributed by atoms with Crippen LogP contribution in [0.5, 0.6) is 0 Å². The fourth-order valence-electron chi connectivity index (χ4n) is 3.14. The molecular weight excluding hydrogens is 188 g/mol. The zero-order valence-corrected chi connectivity index (χ0v) is 9.02. The predicted octanol–water partition coefficient (Wildman–Crippen LogP) is 0.897. The van der Waals surface area contributed by atoms with Gasteiger partial charge in [0.05, 0.1) is 0 Å². The third kappa shape index (κ3) is 1.42. The van der Waals surface area contributed by atoms with Gasteiger partial charge in [-0.25, -0.2) is 0 Å². The fourth-order valence-corrected chi connectivity index (χ4v) is 3.14. The summed E-state index contributed by atoms with van der Waals surface area (Å²) in [5.74, 6) is 1.23. The largest absolute Gasteiger partial charge is 0.312 e. The topological polar surface area (TPSA) is 25.2 Å². The van der Waals surface area contributed by atoms with Crippen LogP contribution in [-0.2, 0) is 6.54 Å². The van der Waals surface area contributed by atoms with E-state index in [4.69, 9.17) is 0 Å². The zero-order chi connectivity index (χ0) is 10.4. The van der Waals surface area contributed by atoms with Crippen LogP contribution < -0.4 is 5.56 Å². The molecule has 1 aromatic heterocycles. The van der Waals surface area contributed by atoms with E-state index in [2.05, 4.69) is 18.0 Å². The van der Waals surface area contributed by atoms with Gasteiger partial charge < -0.3 is 9.47 Å². The molecule has 3 rings (SSSR count). The van der Waals surface area contributed by atoms with Crippen molar-refractivity contribution < 1.29 is 0 Å². The molecule has 1 unspecified atom stereocenters. The van der Waals surface area contributed by atoms with Crippen molar-refractivity contribution in [3.05, 3.63) is 34.2 Å². The standard InChI is InChI=1S/C12H16N2O/c1-13-6-9-5-10(8-13)11-3-2-4-12(15)14(11)7-9/h2-4,9-10H,5-8H2,1H3/t9-,10?/m1/s1. The van der Waals surface area contributed by atoms with Gasteiger partial charge in [0, 0.05) is 37.3 Å². The highest BCUT2D eigenvalue weighted by Crippen LogP contribution is 2.33. The number of likely N-dealkylation sites (tertiary alicyclic amines) is 1. The van der Waals surface area contributed by atoms with Crippen molar-refractivity contribution in [2.24, 2.45) is 5.92 Å². The third-order valence-electron chi connectivity index (χ3n) is 3.66. The van der Waals surface area contributed by atoms with Crippen molar-refractivity contribution in [2.75, 3.05) is 20.1 Å². The second-order valence-corrected chi connectivity index (χ2v) is 4.92. The molecule has 3 nitrogen and oxygen atoms in total. The first-order chi connectivity index (χ1) is 7.24. The van der Waals surface area contributed by atoms with Crippen LogP contribution >= 0.6 is 0 Å². The van der Waals surface area contributed by atoms with E-state index >= 15 is 0 Å². The molecule has 0 spiro atoms. The van der Waals surface area contributed by atoms with Gasteiger partial charge in [0.15, 0.2) is 0 Å². The molecular formula is C12H16N2O. The lowest BCUT2D eigenvalue weighted by molar-refractivity contribution is 0.145. The molecule has 2 aliphatic heterocycles. The van der Waals surface area contributed by atoms with Gasteiger partial charge in [-0.3, -0.25) is 4.79 Å². The molecule has 3 heteroatoms. The molecule has 1 fully saturated rings. The lowest BCUT2D eigenvalue weighted by Gasteiger charge is -2.41. The van der Waals surface area contributed by atoms with Gasteiger partial charge in [0.2, 0.25) is 0 Å². The SMILES string of the molecule is CN1CC2C[C@H](C1)Cn1c2cccc1=O. The van der Waals surface area contributed by atoms with Crippen LogP contribution in [-0.4, -0.2) is 29.6 Å². The van der Waals surface area contributed by atoms with E-state index in [1.165, 1.54) is 12.1 Å². The Balaban J connectivity index is 2.10. The van der Waals surface area contributed by atoms with Gasteiger partial charge in [0.25, 0.3) is 5.56 Å². The van der Waals surface area contributed by atoms with Crippen LogP contribution in [0.1, 0.15) is 18.0 Å². The van der Waals surface area contributed by atoms with Crippen molar-refractivity contribution in [2.45, 2.75) is 18.9 Å². The number of likely N-dealkylation sites (N-methyl/N-ethyl adjacent to an activating group) is 1. The molecule has 2 aliphatic rings. The van der Waals surface area contributed by atoms with E-state index in [0.717, 1.165) is 19.6 Å². The van der Waals surface area contributed by atoms with Crippen LogP contribution in [0.25, 0.3) is 0 Å². The smallest absolute Gasteiger partial charge is 0.250 e. The minimum absolute atomic E-state index is 0.173. The van der Waals surface area contributed by atoms with Gasteiger partial charge in [-0.1, -0.05) is 6.07 Å². The second-order valence-electron chi connectivity index (χ2n) is 4.92. The van der Waals surface area contributed by atoms with Crippen LogP contribution in [0.4, 0.5) is 0 Å². The normalized spacial score (nSPS) is 29.9. The lowest BCUT2D eigenvalue weighted by Crippen LogP contribution is -2.45. The molecule has 15 heavy (non-hydrogen) atoms. The van der Waals surface area contributed by atoms with E-state index in [9.17, 15) is 4.79 Å². The van der Waals surface area contributed by atoms with Crippen LogP contribution in [0.3, 0.4) is 0 Å². The number of nitrogens with zero attached hydrogens (tertiary/aromatic N) is 2. The summed E-state index contributed by atoms with van der Waals surface area (Å²) in [5.41, 5.74) is 1.41. The number of piperidine rings is 1. The molecule has 0 saturated carbocycles. The number of aromatic nitrogens is 1. The maximum Gasteiger partial charge on any atom is 0.250 e. The van der Waals surface area contributed by atoms with Gasteiger partial charge in [0.1, 0.15) is 0 Å². The Morgan fingerprint density at radius 1 is 1.27 bits per heavy atom. The summed E-state index contributed by atoms with van der Waals surface area (Å²) >= 11 is 0. The molecule has 3 heterocycles. The first kappa shape index (κ1) is 9.16. The van der Waals surface area contributed by atoms with E-state index < -0.39 is 0 Å². The highest BCUT2D eigenvalue weighted by atomic mass is 16.1. The van der Waals surface area contributed by atoms with E-state index in [0.29, 0.717) is 11.8 Å². The van der Waals surface area contributed by atoms with E-state index in [1.54, 1.807) is 6.07 Å². The van der Waals surface area contributed by atoms with Crippen molar-refractivity contribution in [3.8, 4) is 0 Å². The highest BCUT2D eigenvalue weighted by Gasteiger charge is 2.32. The average molecular weight is 204 g/mol. The van der Waals surface area contributed by atoms with Crippen LogP contribution in [0.2, 0.25) is 0 Å². The van der Waals surface area contributed by atoms with Gasteiger partial charge >= 0.3 is 0 Å². The Morgan fingerprint density at radius 2 is 2.13 bits per heavy atom. The van der Waals surface area contributed by atoms with Crippen molar-refractivity contribution in [1.29, 1.82) is 0 Å². The van der Waals surface area contributed by atoms with Crippen LogP contribution in [0, 0.1) is 5.92 Å². The minimum atomic E-state index is 0.173. The summed E-state index contributed by atoms with van der Waals surface area (Å²) in [4.78, 5) is 14.1. The number of pyridine rings is 1. The number of hydrogen-bond acceptors (Lipinski definition) is 2. The molecule has 0 radical (unpaired) electrons. The summed E-state index contributed by atoms with van der Waals surface area (Å²) < 4.78 is 1.98. The molecule has 2 bridgehead atoms. The Kier molecular flexibility index (Phi) is 1.96. The molecule has 0 aromatic carbocycles. The Hall–Kier alpha value is -1.09. The lowest BCUT2D eigenvalue weighted by atomic mass is 9.83.